The number of carboxylic acids is 2. The van der Waals surface area contributed by atoms with Crippen molar-refractivity contribution in [1.29, 1.82) is 0 Å². The van der Waals surface area contributed by atoms with Crippen LogP contribution in [-0.2, 0) is 41.9 Å². The van der Waals surface area contributed by atoms with E-state index in [0.29, 0.717) is 11.1 Å². The SMILES string of the molecule is CC(C)[C@H](NC(=O)[C@H](CSSC[C@@H](NC(=O)OCc1ccccc1)C(=O)N[C@@H](C(=O)O)C(C)C)NC(=O)OCc1ccccc1)C(=O)O. The number of ether oxygens (including phenoxy) is 2. The molecule has 0 fully saturated rings. The Morgan fingerprint density at radius 3 is 1.21 bits per heavy atom. The van der Waals surface area contributed by atoms with Crippen molar-refractivity contribution in [3.8, 4) is 0 Å². The molecule has 0 aliphatic heterocycles. The lowest BCUT2D eigenvalue weighted by molar-refractivity contribution is -0.143. The molecule has 2 rings (SSSR count). The van der Waals surface area contributed by atoms with Gasteiger partial charge in [-0.15, -0.1) is 0 Å². The van der Waals surface area contributed by atoms with Crippen LogP contribution in [0.1, 0.15) is 38.8 Å². The summed E-state index contributed by atoms with van der Waals surface area (Å²) in [6, 6.07) is 12.8. The minimum Gasteiger partial charge on any atom is -0.480 e. The van der Waals surface area contributed by atoms with Crippen molar-refractivity contribution in [3.63, 3.8) is 0 Å². The van der Waals surface area contributed by atoms with Crippen LogP contribution in [0.3, 0.4) is 0 Å². The maximum absolute atomic E-state index is 13.1. The lowest BCUT2D eigenvalue weighted by Gasteiger charge is -2.24. The van der Waals surface area contributed by atoms with Crippen molar-refractivity contribution in [2.24, 2.45) is 11.8 Å². The second-order valence-corrected chi connectivity index (χ2v) is 13.8. The van der Waals surface area contributed by atoms with Gasteiger partial charge < -0.3 is 41.0 Å². The fraction of sp³-hybridized carbons (Fsp3) is 0.438. The molecule has 0 radical (unpaired) electrons. The van der Waals surface area contributed by atoms with Crippen LogP contribution >= 0.6 is 21.6 Å². The van der Waals surface area contributed by atoms with Gasteiger partial charge in [-0.2, -0.15) is 0 Å². The summed E-state index contributed by atoms with van der Waals surface area (Å²) in [6.45, 7) is 6.36. The Kier molecular flexibility index (Phi) is 17.2. The summed E-state index contributed by atoms with van der Waals surface area (Å²) in [6.07, 6.45) is -1.82. The minimum atomic E-state index is -1.24. The minimum absolute atomic E-state index is 0.0663. The molecule has 16 heteroatoms. The molecular formula is C32H42N4O10S2. The van der Waals surface area contributed by atoms with Crippen molar-refractivity contribution in [1.82, 2.24) is 21.3 Å². The summed E-state index contributed by atoms with van der Waals surface area (Å²) in [7, 11) is 2.11. The topological polar surface area (TPSA) is 209 Å². The number of carbonyl (C=O) groups excluding carboxylic acids is 4. The molecule has 0 spiro atoms. The van der Waals surface area contributed by atoms with Crippen LogP contribution in [0, 0.1) is 11.8 Å². The van der Waals surface area contributed by atoms with Crippen LogP contribution < -0.4 is 21.3 Å². The number of alkyl carbamates (subject to hydrolysis) is 2. The van der Waals surface area contributed by atoms with E-state index in [1.165, 1.54) is 0 Å². The molecule has 6 N–H and O–H groups in total. The van der Waals surface area contributed by atoms with Gasteiger partial charge in [0.2, 0.25) is 11.8 Å². The van der Waals surface area contributed by atoms with Gasteiger partial charge >= 0.3 is 24.1 Å². The molecule has 0 aliphatic rings. The second-order valence-electron chi connectivity index (χ2n) is 11.2. The van der Waals surface area contributed by atoms with Crippen molar-refractivity contribution in [2.45, 2.75) is 65.1 Å². The molecular weight excluding hydrogens is 665 g/mol. The Labute approximate surface area is 286 Å². The van der Waals surface area contributed by atoms with Crippen LogP contribution in [0.5, 0.6) is 0 Å². The summed E-state index contributed by atoms with van der Waals surface area (Å²) < 4.78 is 10.5. The largest absolute Gasteiger partial charge is 0.480 e. The monoisotopic (exact) mass is 706 g/mol. The molecule has 0 unspecified atom stereocenters. The smallest absolute Gasteiger partial charge is 0.408 e. The van der Waals surface area contributed by atoms with Gasteiger partial charge in [-0.05, 0) is 23.0 Å². The predicted octanol–water partition coefficient (Wildman–Crippen LogP) is 3.41. The van der Waals surface area contributed by atoms with E-state index in [4.69, 9.17) is 9.47 Å². The highest BCUT2D eigenvalue weighted by atomic mass is 33.1. The molecule has 0 saturated heterocycles. The molecule has 2 aromatic rings. The van der Waals surface area contributed by atoms with E-state index in [9.17, 15) is 39.0 Å². The highest BCUT2D eigenvalue weighted by Gasteiger charge is 2.31. The molecule has 0 saturated carbocycles. The Balaban J connectivity index is 2.10. The first-order valence-corrected chi connectivity index (χ1v) is 17.5. The molecule has 14 nitrogen and oxygen atoms in total. The third-order valence-electron chi connectivity index (χ3n) is 6.66. The predicted molar refractivity (Wildman–Crippen MR) is 181 cm³/mol. The molecule has 0 aliphatic carbocycles. The molecule has 48 heavy (non-hydrogen) atoms. The van der Waals surface area contributed by atoms with E-state index in [2.05, 4.69) is 21.3 Å². The summed E-state index contributed by atoms with van der Waals surface area (Å²) >= 11 is 0. The number of nitrogens with one attached hydrogen (secondary N) is 4. The fourth-order valence-electron chi connectivity index (χ4n) is 3.95. The van der Waals surface area contributed by atoms with Gasteiger partial charge in [0.15, 0.2) is 0 Å². The van der Waals surface area contributed by atoms with Gasteiger partial charge in [-0.25, -0.2) is 19.2 Å². The van der Waals surface area contributed by atoms with E-state index >= 15 is 0 Å². The van der Waals surface area contributed by atoms with E-state index in [-0.39, 0.29) is 24.7 Å². The number of rotatable bonds is 19. The van der Waals surface area contributed by atoms with Gasteiger partial charge in [-0.1, -0.05) is 110 Å². The van der Waals surface area contributed by atoms with E-state index in [0.717, 1.165) is 21.6 Å². The van der Waals surface area contributed by atoms with Gasteiger partial charge in [-0.3, -0.25) is 9.59 Å². The van der Waals surface area contributed by atoms with Gasteiger partial charge in [0, 0.05) is 11.5 Å². The Morgan fingerprint density at radius 1 is 0.583 bits per heavy atom. The zero-order valence-electron chi connectivity index (χ0n) is 27.0. The van der Waals surface area contributed by atoms with Crippen molar-refractivity contribution < 1.29 is 48.5 Å². The maximum Gasteiger partial charge on any atom is 0.408 e. The Morgan fingerprint density at radius 2 is 0.917 bits per heavy atom. The second kappa shape index (κ2) is 20.7. The van der Waals surface area contributed by atoms with E-state index < -0.39 is 71.9 Å². The third-order valence-corrected chi connectivity index (χ3v) is 9.08. The molecule has 2 aromatic carbocycles. The number of carbonyl (C=O) groups is 6. The first kappa shape index (κ1) is 39.7. The summed E-state index contributed by atoms with van der Waals surface area (Å²) in [5, 5.41) is 28.9. The lowest BCUT2D eigenvalue weighted by atomic mass is 10.0. The highest BCUT2D eigenvalue weighted by molar-refractivity contribution is 8.76. The Hall–Kier alpha value is -4.44. The number of hydrogen-bond acceptors (Lipinski definition) is 10. The fourth-order valence-corrected chi connectivity index (χ4v) is 6.27. The Bertz CT molecular complexity index is 1260. The maximum atomic E-state index is 13.1. The van der Waals surface area contributed by atoms with Crippen molar-refractivity contribution in [3.05, 3.63) is 71.8 Å². The molecule has 0 heterocycles. The number of benzene rings is 2. The number of carboxylic acid groups (broad SMARTS) is 2. The lowest BCUT2D eigenvalue weighted by Crippen LogP contribution is -2.54. The van der Waals surface area contributed by atoms with E-state index in [1.54, 1.807) is 88.4 Å². The quantitative estimate of drug-likeness (QED) is 0.0918. The first-order chi connectivity index (χ1) is 22.8. The standard InChI is InChI=1S/C32H42N4O10S2/c1-19(2)25(29(39)40)35-27(37)23(33-31(43)45-15-21-11-7-5-8-12-21)17-47-48-18-24(28(38)36-26(20(3)4)30(41)42)34-32(44)46-16-22-13-9-6-10-14-22/h5-14,19-20,23-26H,15-18H2,1-4H3,(H,33,43)(H,34,44)(H,35,37)(H,36,38)(H,39,40)(H,41,42)/t23-,24+,25-,26+. The summed E-state index contributed by atoms with van der Waals surface area (Å²) in [5.41, 5.74) is 1.43. The average Bonchev–Trinajstić information content (AvgIpc) is 3.05. The normalized spacial score (nSPS) is 13.4. The van der Waals surface area contributed by atoms with Crippen LogP contribution in [0.25, 0.3) is 0 Å². The third kappa shape index (κ3) is 14.5. The highest BCUT2D eigenvalue weighted by Crippen LogP contribution is 2.24. The van der Waals surface area contributed by atoms with Crippen molar-refractivity contribution >= 4 is 57.5 Å². The van der Waals surface area contributed by atoms with Gasteiger partial charge in [0.25, 0.3) is 0 Å². The summed E-state index contributed by atoms with van der Waals surface area (Å²) in [5.74, 6) is -5.09. The van der Waals surface area contributed by atoms with Crippen LogP contribution in [0.2, 0.25) is 0 Å². The van der Waals surface area contributed by atoms with Gasteiger partial charge in [0.05, 0.1) is 0 Å². The molecule has 0 aromatic heterocycles. The molecule has 262 valence electrons. The van der Waals surface area contributed by atoms with E-state index in [1.807, 2.05) is 0 Å². The van der Waals surface area contributed by atoms with Gasteiger partial charge in [0.1, 0.15) is 37.4 Å². The van der Waals surface area contributed by atoms with Crippen LogP contribution in [0.15, 0.2) is 60.7 Å². The van der Waals surface area contributed by atoms with Crippen LogP contribution in [0.4, 0.5) is 9.59 Å². The zero-order valence-corrected chi connectivity index (χ0v) is 28.7. The van der Waals surface area contributed by atoms with Crippen LogP contribution in [-0.4, -0.2) is 81.8 Å². The molecule has 4 atom stereocenters. The molecule has 0 bridgehead atoms. The zero-order chi connectivity index (χ0) is 35.6. The molecule has 4 amide bonds. The average molecular weight is 707 g/mol. The number of hydrogen-bond donors (Lipinski definition) is 6. The summed E-state index contributed by atoms with van der Waals surface area (Å²) in [4.78, 5) is 74.9. The van der Waals surface area contributed by atoms with Crippen molar-refractivity contribution in [2.75, 3.05) is 11.5 Å². The first-order valence-electron chi connectivity index (χ1n) is 15.0. The number of amides is 4. The number of aliphatic carboxylic acids is 2.